The lowest BCUT2D eigenvalue weighted by atomic mass is 10.0. The van der Waals surface area contributed by atoms with Crippen LogP contribution in [-0.2, 0) is 25.8 Å². The summed E-state index contributed by atoms with van der Waals surface area (Å²) in [4.78, 5) is 52.3. The molecule has 0 spiro atoms. The van der Waals surface area contributed by atoms with E-state index in [1.807, 2.05) is 22.9 Å². The van der Waals surface area contributed by atoms with Gasteiger partial charge in [0, 0.05) is 59.6 Å². The first-order valence-electron chi connectivity index (χ1n) is 15.5. The molecule has 2 amide bonds. The third kappa shape index (κ3) is 6.88. The van der Waals surface area contributed by atoms with Crippen LogP contribution in [0.15, 0.2) is 63.8 Å². The number of nitrogen functional groups attached to an aromatic ring is 1. The van der Waals surface area contributed by atoms with E-state index in [0.29, 0.717) is 35.5 Å². The third-order valence-corrected chi connectivity index (χ3v) is 11.6. The molecule has 260 valence electrons. The van der Waals surface area contributed by atoms with Gasteiger partial charge in [0.2, 0.25) is 5.52 Å². The summed E-state index contributed by atoms with van der Waals surface area (Å²) in [5.41, 5.74) is 7.41. The van der Waals surface area contributed by atoms with Crippen LogP contribution in [0.1, 0.15) is 12.6 Å². The van der Waals surface area contributed by atoms with Gasteiger partial charge in [-0.15, -0.1) is 41.3 Å². The molecule has 5 heterocycles. The number of hydrogen-bond donors (Lipinski definition) is 4. The molecule has 3 aromatic rings. The number of carbonyl (C=O) groups is 3. The number of oxime groups is 1. The van der Waals surface area contributed by atoms with Crippen LogP contribution in [0.4, 0.5) is 15.2 Å². The van der Waals surface area contributed by atoms with Crippen molar-refractivity contribution in [2.45, 2.75) is 35.8 Å². The lowest BCUT2D eigenvalue weighted by Gasteiger charge is -2.49. The van der Waals surface area contributed by atoms with E-state index in [1.54, 1.807) is 12.1 Å². The lowest BCUT2D eigenvalue weighted by molar-refractivity contribution is -0.661. The van der Waals surface area contributed by atoms with Gasteiger partial charge in [0.1, 0.15) is 28.6 Å². The number of piperazine rings is 1. The van der Waals surface area contributed by atoms with Crippen LogP contribution in [0, 0.1) is 18.2 Å². The minimum Gasteiger partial charge on any atom is -0.477 e. The Labute approximate surface area is 299 Å². The molecule has 3 atom stereocenters. The van der Waals surface area contributed by atoms with Crippen molar-refractivity contribution in [2.75, 3.05) is 48.4 Å². The predicted molar refractivity (Wildman–Crippen MR) is 192 cm³/mol. The monoisotopic (exact) mass is 737 g/mol. The fourth-order valence-electron chi connectivity index (χ4n) is 6.06. The zero-order valence-electron chi connectivity index (χ0n) is 26.9. The van der Waals surface area contributed by atoms with Gasteiger partial charge < -0.3 is 31.2 Å². The van der Waals surface area contributed by atoms with E-state index in [0.717, 1.165) is 34.8 Å². The second-order valence-electron chi connectivity index (χ2n) is 11.6. The summed E-state index contributed by atoms with van der Waals surface area (Å²) in [5, 5.41) is 21.8. The standard InChI is InChI=1S/C33H33FN8O5S3/c1-4-8-40-9-6-25(20-12-21(34)24(13-23(20)40)41-10-7-36-14-18(41)3)48-15-19-16-49-31-27(30(44)42(31)28(19)32(45)46)38-29(43)26(39-47-11-5-2)22-17-50-33(35)37-22/h2,4,6,9,12-13,17-18,27,31,36H,1,7-8,10-11,14-16H2,3H3,(H3-,35,37,38,43,45,46)/p+1/t18?,27?,31-/m0/s1. The van der Waals surface area contributed by atoms with E-state index >= 15 is 4.39 Å². The molecule has 0 radical (unpaired) electrons. The topological polar surface area (TPSA) is 166 Å². The van der Waals surface area contributed by atoms with Gasteiger partial charge in [-0.1, -0.05) is 17.7 Å². The van der Waals surface area contributed by atoms with Crippen LogP contribution in [0.25, 0.3) is 10.9 Å². The third-order valence-electron chi connectivity index (χ3n) is 8.40. The molecule has 2 aromatic heterocycles. The van der Waals surface area contributed by atoms with E-state index in [1.165, 1.54) is 33.8 Å². The Morgan fingerprint density at radius 3 is 2.96 bits per heavy atom. The van der Waals surface area contributed by atoms with Crippen LogP contribution >= 0.6 is 34.9 Å². The van der Waals surface area contributed by atoms with Crippen molar-refractivity contribution >= 4 is 80.1 Å². The Morgan fingerprint density at radius 1 is 1.44 bits per heavy atom. The number of aromatic nitrogens is 2. The summed E-state index contributed by atoms with van der Waals surface area (Å²) in [6, 6.07) is 4.40. The molecule has 2 saturated heterocycles. The Morgan fingerprint density at radius 2 is 2.26 bits per heavy atom. The fourth-order valence-corrected chi connectivity index (χ4v) is 9.13. The Hall–Kier alpha value is -4.63. The summed E-state index contributed by atoms with van der Waals surface area (Å²) in [7, 11) is 0. The number of nitrogens with two attached hydrogens (primary N) is 1. The van der Waals surface area contributed by atoms with E-state index in [2.05, 4.69) is 45.1 Å². The molecular formula is C33H34FN8O5S3+. The summed E-state index contributed by atoms with van der Waals surface area (Å²) in [6.07, 6.45) is 8.90. The molecule has 2 unspecified atom stereocenters. The highest BCUT2D eigenvalue weighted by Crippen LogP contribution is 2.42. The quantitative estimate of drug-likeness (QED) is 0.0315. The molecule has 3 aliphatic rings. The van der Waals surface area contributed by atoms with Crippen LogP contribution < -0.4 is 25.8 Å². The second kappa shape index (κ2) is 15.1. The van der Waals surface area contributed by atoms with Gasteiger partial charge in [-0.3, -0.25) is 14.5 Å². The number of benzene rings is 1. The minimum atomic E-state index is -1.26. The van der Waals surface area contributed by atoms with Crippen molar-refractivity contribution in [1.29, 1.82) is 0 Å². The minimum absolute atomic E-state index is 0.118. The van der Waals surface area contributed by atoms with Gasteiger partial charge >= 0.3 is 5.97 Å². The summed E-state index contributed by atoms with van der Waals surface area (Å²) in [5.74, 6) is -0.131. The van der Waals surface area contributed by atoms with Crippen LogP contribution in [0.5, 0.6) is 0 Å². The number of fused-ring (bicyclic) bond motifs is 2. The molecule has 17 heteroatoms. The molecule has 0 bridgehead atoms. The molecule has 5 N–H and O–H groups in total. The smallest absolute Gasteiger partial charge is 0.352 e. The van der Waals surface area contributed by atoms with Crippen LogP contribution in [0.2, 0.25) is 0 Å². The summed E-state index contributed by atoms with van der Waals surface area (Å²) < 4.78 is 17.7. The summed E-state index contributed by atoms with van der Waals surface area (Å²) in [6.45, 7) is 8.45. The molecule has 0 saturated carbocycles. The number of allylic oxidation sites excluding steroid dienone is 1. The number of β-lactam (4-membered cyclic amide) rings is 1. The van der Waals surface area contributed by atoms with Crippen LogP contribution in [-0.4, -0.2) is 93.7 Å². The number of anilines is 2. The molecule has 50 heavy (non-hydrogen) atoms. The number of rotatable bonds is 12. The maximum Gasteiger partial charge on any atom is 0.352 e. The normalized spacial score (nSPS) is 20.6. The molecular weight excluding hydrogens is 704 g/mol. The number of halogens is 1. The molecule has 6 rings (SSSR count). The number of nitrogens with one attached hydrogen (secondary N) is 2. The number of hydrogen-bond acceptors (Lipinski definition) is 12. The first-order chi connectivity index (χ1) is 24.1. The van der Waals surface area contributed by atoms with Gasteiger partial charge in [0.05, 0.1) is 11.1 Å². The van der Waals surface area contributed by atoms with Crippen molar-refractivity contribution in [3.63, 3.8) is 0 Å². The number of carbonyl (C=O) groups excluding carboxylic acids is 2. The van der Waals surface area contributed by atoms with E-state index < -0.39 is 29.2 Å². The van der Waals surface area contributed by atoms with Crippen molar-refractivity contribution < 1.29 is 33.3 Å². The summed E-state index contributed by atoms with van der Waals surface area (Å²) >= 11 is 3.81. The average Bonchev–Trinajstić information content (AvgIpc) is 3.53. The van der Waals surface area contributed by atoms with E-state index in [4.69, 9.17) is 17.0 Å². The highest BCUT2D eigenvalue weighted by Gasteiger charge is 2.54. The fraction of sp³-hybridized carbons (Fsp3) is 0.333. The average molecular weight is 738 g/mol. The number of amides is 2. The Kier molecular flexibility index (Phi) is 10.6. The van der Waals surface area contributed by atoms with Crippen molar-refractivity contribution in [2.24, 2.45) is 5.16 Å². The molecule has 2 fully saturated rings. The maximum atomic E-state index is 15.7. The van der Waals surface area contributed by atoms with E-state index in [-0.39, 0.29) is 46.5 Å². The van der Waals surface area contributed by atoms with Gasteiger partial charge in [0.15, 0.2) is 30.2 Å². The number of nitrogens with zero attached hydrogens (tertiary/aromatic N) is 5. The Balaban J connectivity index is 1.23. The largest absolute Gasteiger partial charge is 0.477 e. The lowest BCUT2D eigenvalue weighted by Crippen LogP contribution is -2.71. The molecule has 1 aromatic carbocycles. The zero-order valence-corrected chi connectivity index (χ0v) is 29.4. The number of terminal acetylenes is 1. The van der Waals surface area contributed by atoms with Gasteiger partial charge in [-0.25, -0.2) is 14.2 Å². The highest BCUT2D eigenvalue weighted by atomic mass is 32.2. The van der Waals surface area contributed by atoms with E-state index in [9.17, 15) is 19.5 Å². The number of pyridine rings is 1. The van der Waals surface area contributed by atoms with Gasteiger partial charge in [-0.05, 0) is 24.6 Å². The molecule has 0 aliphatic carbocycles. The van der Waals surface area contributed by atoms with Crippen LogP contribution in [0.3, 0.4) is 0 Å². The van der Waals surface area contributed by atoms with Crippen molar-refractivity contribution in [3.8, 4) is 12.3 Å². The Bertz CT molecular complexity index is 1980. The number of thiazole rings is 1. The second-order valence-corrected chi connectivity index (χ2v) is 14.6. The number of carboxylic acids is 1. The number of thioether (sulfide) groups is 2. The van der Waals surface area contributed by atoms with Gasteiger partial charge in [0.25, 0.3) is 11.8 Å². The molecule has 13 nitrogen and oxygen atoms in total. The van der Waals surface area contributed by atoms with Crippen molar-refractivity contribution in [1.82, 2.24) is 20.5 Å². The molecule has 3 aliphatic heterocycles. The van der Waals surface area contributed by atoms with Crippen molar-refractivity contribution in [3.05, 3.63) is 65.2 Å². The first kappa shape index (κ1) is 35.2. The maximum absolute atomic E-state index is 15.7. The number of aliphatic carboxylic acids is 1. The first-order valence-corrected chi connectivity index (χ1v) is 18.5. The zero-order chi connectivity index (χ0) is 35.5. The SMILES string of the molecule is C#CCON=C(C(=O)NC1C(=O)N2C(C(=O)O)=C(CSc3cc[n+](CC=C)c4cc(N5CCNCC5C)c(F)cc34)CS[C@@H]12)c1csc(N)n1. The predicted octanol–water partition coefficient (Wildman–Crippen LogP) is 2.17. The van der Waals surface area contributed by atoms with Gasteiger partial charge in [-0.2, -0.15) is 4.57 Å². The highest BCUT2D eigenvalue weighted by molar-refractivity contribution is 8.01. The number of carboxylic acid groups (broad SMARTS) is 1.